The predicted octanol–water partition coefficient (Wildman–Crippen LogP) is 0.966. The molecule has 0 bridgehead atoms. The maximum atomic E-state index is 12.0. The predicted molar refractivity (Wildman–Crippen MR) is 82.6 cm³/mol. The van der Waals surface area contributed by atoms with Crippen molar-refractivity contribution in [2.75, 3.05) is 51.3 Å². The summed E-state index contributed by atoms with van der Waals surface area (Å²) >= 11 is 0. The number of morpholine rings is 1. The van der Waals surface area contributed by atoms with Crippen LogP contribution in [0.2, 0.25) is 0 Å². The van der Waals surface area contributed by atoms with E-state index in [4.69, 9.17) is 4.74 Å². The zero-order chi connectivity index (χ0) is 14.9. The number of ether oxygens (including phenoxy) is 1. The van der Waals surface area contributed by atoms with E-state index in [0.717, 1.165) is 51.6 Å². The van der Waals surface area contributed by atoms with Crippen molar-refractivity contribution in [3.8, 4) is 0 Å². The molecule has 0 atom stereocenters. The summed E-state index contributed by atoms with van der Waals surface area (Å²) in [6, 6.07) is 3.64. The standard InChI is InChI=1S/C15H24N4O2/c1-2-5-16-14-4-3-13(12-18-14)15(20)17-6-7-19-8-10-21-11-9-19/h3-4,12H,2,5-11H2,1H3,(H,16,18)(H,17,20). The molecule has 2 heterocycles. The number of nitrogens with zero attached hydrogens (tertiary/aromatic N) is 2. The van der Waals surface area contributed by atoms with Crippen LogP contribution in [0.25, 0.3) is 0 Å². The van der Waals surface area contributed by atoms with Crippen molar-refractivity contribution >= 4 is 11.7 Å². The molecule has 1 saturated heterocycles. The summed E-state index contributed by atoms with van der Waals surface area (Å²) in [5, 5.41) is 6.11. The van der Waals surface area contributed by atoms with E-state index in [1.54, 1.807) is 12.3 Å². The van der Waals surface area contributed by atoms with Crippen LogP contribution in [0.15, 0.2) is 18.3 Å². The molecular weight excluding hydrogens is 268 g/mol. The van der Waals surface area contributed by atoms with Crippen LogP contribution < -0.4 is 10.6 Å². The minimum absolute atomic E-state index is 0.0715. The van der Waals surface area contributed by atoms with Gasteiger partial charge in [0.25, 0.3) is 5.91 Å². The van der Waals surface area contributed by atoms with E-state index >= 15 is 0 Å². The van der Waals surface area contributed by atoms with Gasteiger partial charge in [-0.15, -0.1) is 0 Å². The lowest BCUT2D eigenvalue weighted by molar-refractivity contribution is 0.0383. The van der Waals surface area contributed by atoms with Crippen LogP contribution in [0.1, 0.15) is 23.7 Å². The average Bonchev–Trinajstić information content (AvgIpc) is 2.54. The zero-order valence-corrected chi connectivity index (χ0v) is 12.6. The Balaban J connectivity index is 1.72. The van der Waals surface area contributed by atoms with Gasteiger partial charge in [0.2, 0.25) is 0 Å². The third-order valence-electron chi connectivity index (χ3n) is 3.40. The van der Waals surface area contributed by atoms with Gasteiger partial charge in [0.05, 0.1) is 18.8 Å². The summed E-state index contributed by atoms with van der Waals surface area (Å²) in [6.45, 7) is 7.94. The minimum atomic E-state index is -0.0715. The molecule has 1 aliphatic heterocycles. The number of aromatic nitrogens is 1. The monoisotopic (exact) mass is 292 g/mol. The Morgan fingerprint density at radius 2 is 2.14 bits per heavy atom. The highest BCUT2D eigenvalue weighted by Gasteiger charge is 2.11. The quantitative estimate of drug-likeness (QED) is 0.784. The summed E-state index contributed by atoms with van der Waals surface area (Å²) in [5.74, 6) is 0.736. The van der Waals surface area contributed by atoms with E-state index in [9.17, 15) is 4.79 Å². The van der Waals surface area contributed by atoms with Gasteiger partial charge in [-0.25, -0.2) is 4.98 Å². The van der Waals surface area contributed by atoms with Gasteiger partial charge < -0.3 is 15.4 Å². The maximum absolute atomic E-state index is 12.0. The summed E-state index contributed by atoms with van der Waals surface area (Å²) < 4.78 is 5.29. The van der Waals surface area contributed by atoms with Gasteiger partial charge in [0.15, 0.2) is 0 Å². The fourth-order valence-electron chi connectivity index (χ4n) is 2.14. The molecule has 0 spiro atoms. The van der Waals surface area contributed by atoms with Crippen molar-refractivity contribution in [3.05, 3.63) is 23.9 Å². The van der Waals surface area contributed by atoms with Crippen LogP contribution in [0.4, 0.5) is 5.82 Å². The largest absolute Gasteiger partial charge is 0.379 e. The highest BCUT2D eigenvalue weighted by molar-refractivity contribution is 5.94. The molecule has 6 nitrogen and oxygen atoms in total. The number of rotatable bonds is 7. The van der Waals surface area contributed by atoms with E-state index in [-0.39, 0.29) is 5.91 Å². The Kier molecular flexibility index (Phi) is 6.43. The summed E-state index contributed by atoms with van der Waals surface area (Å²) in [4.78, 5) is 18.5. The van der Waals surface area contributed by atoms with Crippen molar-refractivity contribution in [3.63, 3.8) is 0 Å². The molecule has 1 amide bonds. The number of pyridine rings is 1. The molecular formula is C15H24N4O2. The molecule has 2 rings (SSSR count). The Morgan fingerprint density at radius 1 is 1.33 bits per heavy atom. The first-order valence-electron chi connectivity index (χ1n) is 7.58. The van der Waals surface area contributed by atoms with Crippen LogP contribution in [0, 0.1) is 0 Å². The number of carbonyl (C=O) groups is 1. The van der Waals surface area contributed by atoms with Crippen molar-refractivity contribution in [1.29, 1.82) is 0 Å². The third-order valence-corrected chi connectivity index (χ3v) is 3.40. The molecule has 0 saturated carbocycles. The molecule has 21 heavy (non-hydrogen) atoms. The molecule has 1 aromatic heterocycles. The molecule has 116 valence electrons. The Bertz CT molecular complexity index is 430. The summed E-state index contributed by atoms with van der Waals surface area (Å²) in [5.41, 5.74) is 0.596. The number of hydrogen-bond acceptors (Lipinski definition) is 5. The fourth-order valence-corrected chi connectivity index (χ4v) is 2.14. The Hall–Kier alpha value is -1.66. The van der Waals surface area contributed by atoms with Gasteiger partial charge >= 0.3 is 0 Å². The zero-order valence-electron chi connectivity index (χ0n) is 12.6. The van der Waals surface area contributed by atoms with Crippen LogP contribution in [-0.4, -0.2) is 61.7 Å². The highest BCUT2D eigenvalue weighted by Crippen LogP contribution is 2.05. The third kappa shape index (κ3) is 5.32. The first-order valence-corrected chi connectivity index (χ1v) is 7.58. The maximum Gasteiger partial charge on any atom is 0.252 e. The number of anilines is 1. The van der Waals surface area contributed by atoms with Gasteiger partial charge in [-0.3, -0.25) is 9.69 Å². The lowest BCUT2D eigenvalue weighted by Gasteiger charge is -2.26. The van der Waals surface area contributed by atoms with Gasteiger partial charge in [0.1, 0.15) is 5.82 Å². The van der Waals surface area contributed by atoms with Crippen molar-refractivity contribution in [1.82, 2.24) is 15.2 Å². The molecule has 6 heteroatoms. The minimum Gasteiger partial charge on any atom is -0.379 e. The summed E-state index contributed by atoms with van der Waals surface area (Å²) in [7, 11) is 0. The van der Waals surface area contributed by atoms with E-state index in [2.05, 4.69) is 27.4 Å². The number of nitrogens with one attached hydrogen (secondary N) is 2. The van der Waals surface area contributed by atoms with Crippen molar-refractivity contribution in [2.24, 2.45) is 0 Å². The van der Waals surface area contributed by atoms with E-state index in [0.29, 0.717) is 12.1 Å². The normalized spacial score (nSPS) is 15.7. The van der Waals surface area contributed by atoms with Crippen LogP contribution >= 0.6 is 0 Å². The van der Waals surface area contributed by atoms with Gasteiger partial charge in [0, 0.05) is 38.9 Å². The second-order valence-electron chi connectivity index (χ2n) is 5.07. The Morgan fingerprint density at radius 3 is 2.81 bits per heavy atom. The topological polar surface area (TPSA) is 66.5 Å². The van der Waals surface area contributed by atoms with E-state index < -0.39 is 0 Å². The molecule has 0 aliphatic carbocycles. The fraction of sp³-hybridized carbons (Fsp3) is 0.600. The lowest BCUT2D eigenvalue weighted by atomic mass is 10.2. The van der Waals surface area contributed by atoms with Gasteiger partial charge in [-0.2, -0.15) is 0 Å². The molecule has 1 fully saturated rings. The lowest BCUT2D eigenvalue weighted by Crippen LogP contribution is -2.41. The smallest absolute Gasteiger partial charge is 0.252 e. The van der Waals surface area contributed by atoms with Crippen LogP contribution in [0.5, 0.6) is 0 Å². The molecule has 1 aliphatic rings. The summed E-state index contributed by atoms with van der Waals surface area (Å²) in [6.07, 6.45) is 2.66. The molecule has 0 aromatic carbocycles. The highest BCUT2D eigenvalue weighted by atomic mass is 16.5. The number of amides is 1. The van der Waals surface area contributed by atoms with Crippen LogP contribution in [0.3, 0.4) is 0 Å². The molecule has 1 aromatic rings. The number of carbonyl (C=O) groups excluding carboxylic acids is 1. The number of hydrogen-bond donors (Lipinski definition) is 2. The van der Waals surface area contributed by atoms with Crippen molar-refractivity contribution in [2.45, 2.75) is 13.3 Å². The van der Waals surface area contributed by atoms with E-state index in [1.165, 1.54) is 0 Å². The Labute approximate surface area is 125 Å². The SMILES string of the molecule is CCCNc1ccc(C(=O)NCCN2CCOCC2)cn1. The first-order chi connectivity index (χ1) is 10.3. The molecule has 0 radical (unpaired) electrons. The van der Waals surface area contributed by atoms with Gasteiger partial charge in [-0.05, 0) is 18.6 Å². The second kappa shape index (κ2) is 8.59. The van der Waals surface area contributed by atoms with Gasteiger partial charge in [-0.1, -0.05) is 6.92 Å². The average molecular weight is 292 g/mol. The van der Waals surface area contributed by atoms with E-state index in [1.807, 2.05) is 6.07 Å². The molecule has 2 N–H and O–H groups in total. The van der Waals surface area contributed by atoms with Crippen LogP contribution in [-0.2, 0) is 4.74 Å². The van der Waals surface area contributed by atoms with Crippen molar-refractivity contribution < 1.29 is 9.53 Å². The second-order valence-corrected chi connectivity index (χ2v) is 5.07. The first kappa shape index (κ1) is 15.7. The molecule has 0 unspecified atom stereocenters.